The van der Waals surface area contributed by atoms with Crippen LogP contribution >= 0.6 is 0 Å². The molecule has 1 aliphatic rings. The van der Waals surface area contributed by atoms with E-state index in [9.17, 15) is 14.3 Å². The number of carbonyl (C=O) groups excluding carboxylic acids is 1. The zero-order chi connectivity index (χ0) is 14.5. The maximum absolute atomic E-state index is 13.8. The molecule has 1 aromatic rings. The number of aliphatic hydroxyl groups is 1. The number of nitrogens with zero attached hydrogens (tertiary/aromatic N) is 1. The highest BCUT2D eigenvalue weighted by Crippen LogP contribution is 2.16. The van der Waals surface area contributed by atoms with Crippen molar-refractivity contribution in [2.45, 2.75) is 18.9 Å². The van der Waals surface area contributed by atoms with Crippen LogP contribution in [0.25, 0.3) is 0 Å². The topological polar surface area (TPSA) is 66.6 Å². The molecule has 106 valence electrons. The first-order valence-corrected chi connectivity index (χ1v) is 6.57. The molecule has 1 saturated heterocycles. The summed E-state index contributed by atoms with van der Waals surface area (Å²) in [6, 6.07) is 4.21. The molecule has 3 N–H and O–H groups in total. The second-order valence-electron chi connectivity index (χ2n) is 4.75. The summed E-state index contributed by atoms with van der Waals surface area (Å²) in [5.74, 6) is 4.39. The number of carbonyl (C=O) groups is 1. The van der Waals surface area contributed by atoms with Crippen molar-refractivity contribution < 1.29 is 14.3 Å². The highest BCUT2D eigenvalue weighted by atomic mass is 19.1. The van der Waals surface area contributed by atoms with E-state index in [1.165, 1.54) is 12.1 Å². The minimum atomic E-state index is -0.533. The fraction of sp³-hybridized carbons (Fsp3) is 0.400. The van der Waals surface area contributed by atoms with Gasteiger partial charge in [0, 0.05) is 18.7 Å². The number of halogens is 1. The van der Waals surface area contributed by atoms with Gasteiger partial charge in [0.05, 0.1) is 18.2 Å². The third kappa shape index (κ3) is 3.35. The summed E-state index contributed by atoms with van der Waals surface area (Å²) in [5, 5.41) is 9.57. The maximum atomic E-state index is 13.8. The second kappa shape index (κ2) is 6.51. The molecule has 0 aliphatic carbocycles. The van der Waals surface area contributed by atoms with Gasteiger partial charge in [0.25, 0.3) is 5.91 Å². The largest absolute Gasteiger partial charge is 0.391 e. The van der Waals surface area contributed by atoms with E-state index < -0.39 is 11.9 Å². The predicted molar refractivity (Wildman–Crippen MR) is 73.5 cm³/mol. The Morgan fingerprint density at radius 2 is 2.35 bits per heavy atom. The maximum Gasteiger partial charge on any atom is 0.254 e. The molecule has 20 heavy (non-hydrogen) atoms. The van der Waals surface area contributed by atoms with Crippen LogP contribution in [0.1, 0.15) is 28.8 Å². The summed E-state index contributed by atoms with van der Waals surface area (Å²) in [7, 11) is 0. The van der Waals surface area contributed by atoms with Crippen molar-refractivity contribution in [1.82, 2.24) is 4.90 Å². The van der Waals surface area contributed by atoms with Gasteiger partial charge < -0.3 is 15.7 Å². The Hall–Kier alpha value is -1.90. The van der Waals surface area contributed by atoms with E-state index >= 15 is 0 Å². The van der Waals surface area contributed by atoms with E-state index in [4.69, 9.17) is 5.73 Å². The second-order valence-corrected chi connectivity index (χ2v) is 4.75. The molecule has 5 heteroatoms. The van der Waals surface area contributed by atoms with Crippen molar-refractivity contribution >= 4 is 5.91 Å². The zero-order valence-corrected chi connectivity index (χ0v) is 11.1. The molecule has 0 spiro atoms. The average Bonchev–Trinajstić information content (AvgIpc) is 2.45. The Bertz CT molecular complexity index is 563. The van der Waals surface area contributed by atoms with Gasteiger partial charge in [0.2, 0.25) is 0 Å². The number of hydrogen-bond donors (Lipinski definition) is 2. The van der Waals surface area contributed by atoms with E-state index in [0.29, 0.717) is 19.5 Å². The number of rotatable bonds is 1. The van der Waals surface area contributed by atoms with E-state index in [1.54, 1.807) is 11.0 Å². The van der Waals surface area contributed by atoms with Crippen LogP contribution in [0.5, 0.6) is 0 Å². The standard InChI is InChI=1S/C15H17FN2O2/c16-14-9-12(6-5-11(14)3-1-7-17)15(20)18-8-2-4-13(19)10-18/h5-6,9,13,19H,2,4,7-8,10,17H2. The first kappa shape index (κ1) is 14.5. The van der Waals surface area contributed by atoms with E-state index in [1.807, 2.05) is 0 Å². The Morgan fingerprint density at radius 3 is 3.00 bits per heavy atom. The molecule has 0 radical (unpaired) electrons. The Balaban J connectivity index is 2.16. The molecule has 0 saturated carbocycles. The highest BCUT2D eigenvalue weighted by molar-refractivity contribution is 5.94. The van der Waals surface area contributed by atoms with Crippen molar-refractivity contribution in [2.75, 3.05) is 19.6 Å². The molecule has 1 atom stereocenters. The molecule has 1 aromatic carbocycles. The van der Waals surface area contributed by atoms with Crippen LogP contribution in [0.3, 0.4) is 0 Å². The molecule has 0 bridgehead atoms. The van der Waals surface area contributed by atoms with Gasteiger partial charge in [-0.15, -0.1) is 0 Å². The van der Waals surface area contributed by atoms with Gasteiger partial charge in [0.15, 0.2) is 0 Å². The number of amides is 1. The molecule has 1 fully saturated rings. The van der Waals surface area contributed by atoms with Crippen molar-refractivity contribution in [1.29, 1.82) is 0 Å². The lowest BCUT2D eigenvalue weighted by Crippen LogP contribution is -2.42. The summed E-state index contributed by atoms with van der Waals surface area (Å²) < 4.78 is 13.8. The highest BCUT2D eigenvalue weighted by Gasteiger charge is 2.23. The Kier molecular flexibility index (Phi) is 4.72. The minimum absolute atomic E-state index is 0.159. The van der Waals surface area contributed by atoms with E-state index in [2.05, 4.69) is 11.8 Å². The third-order valence-electron chi connectivity index (χ3n) is 3.22. The van der Waals surface area contributed by atoms with Crippen molar-refractivity contribution in [3.63, 3.8) is 0 Å². The zero-order valence-electron chi connectivity index (χ0n) is 11.1. The molecule has 1 amide bonds. The van der Waals surface area contributed by atoms with Crippen LogP contribution in [0.15, 0.2) is 18.2 Å². The van der Waals surface area contributed by atoms with Gasteiger partial charge in [-0.1, -0.05) is 11.8 Å². The number of piperidine rings is 1. The lowest BCUT2D eigenvalue weighted by atomic mass is 10.1. The number of hydrogen-bond acceptors (Lipinski definition) is 3. The molecule has 4 nitrogen and oxygen atoms in total. The van der Waals surface area contributed by atoms with Crippen molar-refractivity contribution in [3.8, 4) is 11.8 Å². The number of β-amino-alcohol motifs (C(OH)–C–C–N with tert-alkyl or cyclic N) is 1. The molecule has 2 rings (SSSR count). The van der Waals surface area contributed by atoms with Gasteiger partial charge in [-0.05, 0) is 31.0 Å². The molecular formula is C15H17FN2O2. The predicted octanol–water partition coefficient (Wildman–Crippen LogP) is 0.733. The van der Waals surface area contributed by atoms with Crippen LogP contribution in [-0.4, -0.2) is 41.7 Å². The van der Waals surface area contributed by atoms with Crippen molar-refractivity contribution in [3.05, 3.63) is 35.1 Å². The van der Waals surface area contributed by atoms with Crippen LogP contribution in [-0.2, 0) is 0 Å². The first-order chi connectivity index (χ1) is 9.61. The SMILES string of the molecule is NCC#Cc1ccc(C(=O)N2CCCC(O)C2)cc1F. The lowest BCUT2D eigenvalue weighted by Gasteiger charge is -2.30. The number of aliphatic hydroxyl groups excluding tert-OH is 1. The van der Waals surface area contributed by atoms with Crippen LogP contribution in [0.2, 0.25) is 0 Å². The number of likely N-dealkylation sites (tertiary alicyclic amines) is 1. The smallest absolute Gasteiger partial charge is 0.254 e. The van der Waals surface area contributed by atoms with Crippen molar-refractivity contribution in [2.24, 2.45) is 5.73 Å². The lowest BCUT2D eigenvalue weighted by molar-refractivity contribution is 0.0473. The summed E-state index contributed by atoms with van der Waals surface area (Å²) in [6.07, 6.45) is 0.966. The fourth-order valence-corrected chi connectivity index (χ4v) is 2.22. The minimum Gasteiger partial charge on any atom is -0.391 e. The van der Waals surface area contributed by atoms with Crippen LogP contribution in [0.4, 0.5) is 4.39 Å². The fourth-order valence-electron chi connectivity index (χ4n) is 2.22. The summed E-state index contributed by atoms with van der Waals surface area (Å²) in [6.45, 7) is 1.05. The molecular weight excluding hydrogens is 259 g/mol. The quantitative estimate of drug-likeness (QED) is 0.743. The molecule has 1 unspecified atom stereocenters. The Morgan fingerprint density at radius 1 is 1.55 bits per heavy atom. The van der Waals surface area contributed by atoms with E-state index in [-0.39, 0.29) is 23.6 Å². The van der Waals surface area contributed by atoms with Gasteiger partial charge in [0.1, 0.15) is 5.82 Å². The molecule has 1 aliphatic heterocycles. The number of nitrogens with two attached hydrogens (primary N) is 1. The summed E-state index contributed by atoms with van der Waals surface area (Å²) >= 11 is 0. The van der Waals surface area contributed by atoms with Gasteiger partial charge in [-0.25, -0.2) is 4.39 Å². The van der Waals surface area contributed by atoms with Gasteiger partial charge >= 0.3 is 0 Å². The first-order valence-electron chi connectivity index (χ1n) is 6.57. The third-order valence-corrected chi connectivity index (χ3v) is 3.22. The summed E-state index contributed by atoms with van der Waals surface area (Å²) in [4.78, 5) is 13.8. The average molecular weight is 276 g/mol. The monoisotopic (exact) mass is 276 g/mol. The normalized spacial score (nSPS) is 18.4. The molecule has 0 aromatic heterocycles. The molecule has 1 heterocycles. The van der Waals surface area contributed by atoms with Gasteiger partial charge in [-0.3, -0.25) is 4.79 Å². The van der Waals surface area contributed by atoms with E-state index in [0.717, 1.165) is 6.42 Å². The Labute approximate surface area is 117 Å². The van der Waals surface area contributed by atoms with Gasteiger partial charge in [-0.2, -0.15) is 0 Å². The van der Waals surface area contributed by atoms with Crippen LogP contribution in [0, 0.1) is 17.7 Å². The summed E-state index contributed by atoms with van der Waals surface area (Å²) in [5.41, 5.74) is 5.74. The van der Waals surface area contributed by atoms with Crippen LogP contribution < -0.4 is 5.73 Å². The number of benzene rings is 1.